The molecule has 0 saturated carbocycles. The van der Waals surface area contributed by atoms with E-state index in [1.54, 1.807) is 7.11 Å². The minimum absolute atomic E-state index is 0.206. The van der Waals surface area contributed by atoms with E-state index in [0.29, 0.717) is 6.04 Å². The van der Waals surface area contributed by atoms with Crippen LogP contribution >= 0.6 is 11.6 Å². The van der Waals surface area contributed by atoms with Crippen molar-refractivity contribution in [1.29, 1.82) is 0 Å². The van der Waals surface area contributed by atoms with Gasteiger partial charge in [-0.15, -0.1) is 0 Å². The summed E-state index contributed by atoms with van der Waals surface area (Å²) in [6.07, 6.45) is 0. The van der Waals surface area contributed by atoms with E-state index in [-0.39, 0.29) is 5.41 Å². The second kappa shape index (κ2) is 8.02. The molecule has 3 nitrogen and oxygen atoms in total. The van der Waals surface area contributed by atoms with Crippen molar-refractivity contribution >= 4 is 17.3 Å². The zero-order valence-electron chi connectivity index (χ0n) is 14.2. The van der Waals surface area contributed by atoms with Crippen LogP contribution in [0.1, 0.15) is 33.3 Å². The molecule has 0 heterocycles. The number of ether oxygens (including phenoxy) is 1. The number of halogens is 1. The molecule has 120 valence electrons. The molecule has 0 fully saturated rings. The van der Waals surface area contributed by atoms with Gasteiger partial charge in [0.15, 0.2) is 0 Å². The maximum absolute atomic E-state index is 6.20. The quantitative estimate of drug-likeness (QED) is 0.772. The van der Waals surface area contributed by atoms with Crippen LogP contribution in [0.4, 0.5) is 5.69 Å². The molecule has 0 amide bonds. The Bertz CT molecular complexity index is 443. The van der Waals surface area contributed by atoms with Gasteiger partial charge in [-0.25, -0.2) is 0 Å². The van der Waals surface area contributed by atoms with Crippen molar-refractivity contribution < 1.29 is 4.74 Å². The molecule has 0 aromatic heterocycles. The van der Waals surface area contributed by atoms with Gasteiger partial charge in [0.2, 0.25) is 0 Å². The van der Waals surface area contributed by atoms with Crippen LogP contribution in [0.15, 0.2) is 18.2 Å². The molecule has 0 aliphatic carbocycles. The van der Waals surface area contributed by atoms with Crippen LogP contribution in [0.3, 0.4) is 0 Å². The first-order valence-electron chi connectivity index (χ1n) is 7.48. The fourth-order valence-corrected chi connectivity index (χ4v) is 2.37. The highest BCUT2D eigenvalue weighted by molar-refractivity contribution is 6.30. The first-order chi connectivity index (χ1) is 9.77. The number of hydrogen-bond acceptors (Lipinski definition) is 3. The Hall–Kier alpha value is -0.770. The van der Waals surface area contributed by atoms with E-state index in [4.69, 9.17) is 16.3 Å². The summed E-state index contributed by atoms with van der Waals surface area (Å²) < 4.78 is 5.07. The summed E-state index contributed by atoms with van der Waals surface area (Å²) in [5, 5.41) is 4.18. The smallest absolute Gasteiger partial charge is 0.0587 e. The van der Waals surface area contributed by atoms with Crippen molar-refractivity contribution in [3.05, 3.63) is 28.8 Å². The molecular formula is C17H29ClN2O. The number of methoxy groups -OCH3 is 1. The Morgan fingerprint density at radius 3 is 2.57 bits per heavy atom. The van der Waals surface area contributed by atoms with Crippen LogP contribution in [-0.4, -0.2) is 33.4 Å². The summed E-state index contributed by atoms with van der Waals surface area (Å²) in [5.41, 5.74) is 2.65. The molecule has 1 rings (SSSR count). The van der Waals surface area contributed by atoms with E-state index in [1.807, 2.05) is 6.07 Å². The van der Waals surface area contributed by atoms with E-state index in [1.165, 1.54) is 11.3 Å². The summed E-state index contributed by atoms with van der Waals surface area (Å²) >= 11 is 6.20. The highest BCUT2D eigenvalue weighted by Crippen LogP contribution is 2.31. The van der Waals surface area contributed by atoms with Gasteiger partial charge in [0.05, 0.1) is 6.61 Å². The zero-order chi connectivity index (χ0) is 16.0. The summed E-state index contributed by atoms with van der Waals surface area (Å²) in [6, 6.07) is 6.52. The highest BCUT2D eigenvalue weighted by atomic mass is 35.5. The van der Waals surface area contributed by atoms with E-state index in [0.717, 1.165) is 24.7 Å². The van der Waals surface area contributed by atoms with Gasteiger partial charge in [0.1, 0.15) is 0 Å². The number of benzene rings is 1. The van der Waals surface area contributed by atoms with Gasteiger partial charge in [0, 0.05) is 44.0 Å². The average molecular weight is 313 g/mol. The molecular weight excluding hydrogens is 284 g/mol. The molecule has 1 aromatic carbocycles. The molecule has 0 saturated heterocycles. The van der Waals surface area contributed by atoms with E-state index < -0.39 is 0 Å². The van der Waals surface area contributed by atoms with Gasteiger partial charge in [-0.05, 0) is 30.0 Å². The fourth-order valence-electron chi connectivity index (χ4n) is 2.20. The average Bonchev–Trinajstić information content (AvgIpc) is 2.42. The molecule has 1 N–H and O–H groups in total. The van der Waals surface area contributed by atoms with Crippen molar-refractivity contribution in [2.75, 3.05) is 32.2 Å². The SMILES string of the molecule is COCCNCc1ccc(Cl)cc1N(C)C(C)C(C)(C)C. The highest BCUT2D eigenvalue weighted by Gasteiger charge is 2.25. The lowest BCUT2D eigenvalue weighted by Gasteiger charge is -2.38. The van der Waals surface area contributed by atoms with E-state index in [9.17, 15) is 0 Å². The second-order valence-corrected chi connectivity index (χ2v) is 7.03. The van der Waals surface area contributed by atoms with Crippen LogP contribution in [0.2, 0.25) is 5.02 Å². The van der Waals surface area contributed by atoms with Crippen LogP contribution in [0, 0.1) is 5.41 Å². The van der Waals surface area contributed by atoms with Crippen LogP contribution in [0.5, 0.6) is 0 Å². The number of nitrogens with zero attached hydrogens (tertiary/aromatic N) is 1. The third-order valence-corrected chi connectivity index (χ3v) is 4.30. The molecule has 0 radical (unpaired) electrons. The first-order valence-corrected chi connectivity index (χ1v) is 7.86. The molecule has 1 atom stereocenters. The van der Waals surface area contributed by atoms with Gasteiger partial charge in [0.25, 0.3) is 0 Å². The molecule has 0 bridgehead atoms. The Labute approximate surface area is 134 Å². The number of nitrogens with one attached hydrogen (secondary N) is 1. The predicted octanol–water partition coefficient (Wildman–Crippen LogP) is 3.95. The molecule has 1 unspecified atom stereocenters. The van der Waals surface area contributed by atoms with Gasteiger partial charge >= 0.3 is 0 Å². The summed E-state index contributed by atoms with van der Waals surface area (Å²) in [5.74, 6) is 0. The number of hydrogen-bond donors (Lipinski definition) is 1. The zero-order valence-corrected chi connectivity index (χ0v) is 14.9. The topological polar surface area (TPSA) is 24.5 Å². The lowest BCUT2D eigenvalue weighted by Crippen LogP contribution is -2.40. The largest absolute Gasteiger partial charge is 0.383 e. The van der Waals surface area contributed by atoms with Crippen molar-refractivity contribution in [3.8, 4) is 0 Å². The third kappa shape index (κ3) is 5.50. The number of rotatable bonds is 7. The van der Waals surface area contributed by atoms with Gasteiger partial charge < -0.3 is 15.0 Å². The maximum Gasteiger partial charge on any atom is 0.0587 e. The van der Waals surface area contributed by atoms with E-state index >= 15 is 0 Å². The van der Waals surface area contributed by atoms with Crippen molar-refractivity contribution in [1.82, 2.24) is 5.32 Å². The minimum Gasteiger partial charge on any atom is -0.383 e. The first kappa shape index (κ1) is 18.3. The lowest BCUT2D eigenvalue weighted by molar-refractivity contribution is 0.199. The standard InChI is InChI=1S/C17H29ClN2O/c1-13(17(2,3)4)20(5)16-11-15(18)8-7-14(16)12-19-9-10-21-6/h7-8,11,13,19H,9-10,12H2,1-6H3. The Balaban J connectivity index is 2.90. The van der Waals surface area contributed by atoms with Gasteiger partial charge in [-0.3, -0.25) is 0 Å². The summed E-state index contributed by atoms with van der Waals surface area (Å²) in [7, 11) is 3.86. The van der Waals surface area contributed by atoms with Gasteiger partial charge in [-0.2, -0.15) is 0 Å². The van der Waals surface area contributed by atoms with Crippen LogP contribution < -0.4 is 10.2 Å². The van der Waals surface area contributed by atoms with Crippen molar-refractivity contribution in [3.63, 3.8) is 0 Å². The Morgan fingerprint density at radius 2 is 2.00 bits per heavy atom. The van der Waals surface area contributed by atoms with Crippen molar-refractivity contribution in [2.24, 2.45) is 5.41 Å². The Kier molecular flexibility index (Phi) is 6.98. The van der Waals surface area contributed by atoms with Crippen LogP contribution in [-0.2, 0) is 11.3 Å². The van der Waals surface area contributed by atoms with Crippen LogP contribution in [0.25, 0.3) is 0 Å². The molecule has 4 heteroatoms. The molecule has 0 spiro atoms. The number of anilines is 1. The third-order valence-electron chi connectivity index (χ3n) is 4.06. The fraction of sp³-hybridized carbons (Fsp3) is 0.647. The Morgan fingerprint density at radius 1 is 1.33 bits per heavy atom. The molecule has 0 aliphatic heterocycles. The predicted molar refractivity (Wildman–Crippen MR) is 92.4 cm³/mol. The van der Waals surface area contributed by atoms with E-state index in [2.05, 4.69) is 57.1 Å². The summed E-state index contributed by atoms with van der Waals surface area (Å²) in [4.78, 5) is 2.32. The monoisotopic (exact) mass is 312 g/mol. The van der Waals surface area contributed by atoms with Gasteiger partial charge in [-0.1, -0.05) is 38.4 Å². The molecule has 21 heavy (non-hydrogen) atoms. The van der Waals surface area contributed by atoms with Crippen molar-refractivity contribution in [2.45, 2.75) is 40.3 Å². The lowest BCUT2D eigenvalue weighted by atomic mass is 9.86. The maximum atomic E-state index is 6.20. The minimum atomic E-state index is 0.206. The molecule has 1 aromatic rings. The normalized spacial score (nSPS) is 13.3. The summed E-state index contributed by atoms with van der Waals surface area (Å²) in [6.45, 7) is 11.4. The molecule has 0 aliphatic rings. The second-order valence-electron chi connectivity index (χ2n) is 6.60.